The van der Waals surface area contributed by atoms with E-state index in [0.717, 1.165) is 25.2 Å². The second-order valence-electron chi connectivity index (χ2n) is 7.40. The zero-order chi connectivity index (χ0) is 17.2. The van der Waals surface area contributed by atoms with Gasteiger partial charge in [-0.05, 0) is 18.8 Å². The van der Waals surface area contributed by atoms with Crippen molar-refractivity contribution in [1.29, 1.82) is 0 Å². The number of unbranched alkanes of at least 4 members (excludes halogenated alkanes) is 11. The highest BCUT2D eigenvalue weighted by Gasteiger charge is 2.01. The van der Waals surface area contributed by atoms with Crippen LogP contribution < -0.4 is 0 Å². The molecule has 0 fully saturated rings. The van der Waals surface area contributed by atoms with Gasteiger partial charge in [0, 0.05) is 6.42 Å². The van der Waals surface area contributed by atoms with Gasteiger partial charge in [-0.25, -0.2) is 0 Å². The summed E-state index contributed by atoms with van der Waals surface area (Å²) in [5.41, 5.74) is 0. The molecule has 0 aliphatic heterocycles. The van der Waals surface area contributed by atoms with E-state index in [4.69, 9.17) is 4.74 Å². The van der Waals surface area contributed by atoms with Crippen molar-refractivity contribution in [2.24, 2.45) is 5.92 Å². The summed E-state index contributed by atoms with van der Waals surface area (Å²) in [6.45, 7) is 7.35. The van der Waals surface area contributed by atoms with Gasteiger partial charge in [-0.1, -0.05) is 97.8 Å². The third kappa shape index (κ3) is 19.4. The maximum absolute atomic E-state index is 11.3. The molecule has 0 N–H and O–H groups in total. The van der Waals surface area contributed by atoms with E-state index in [9.17, 15) is 4.79 Å². The molecule has 0 aromatic rings. The second-order valence-corrected chi connectivity index (χ2v) is 7.40. The first-order chi connectivity index (χ1) is 11.2. The largest absolute Gasteiger partial charge is 0.466 e. The van der Waals surface area contributed by atoms with Crippen molar-refractivity contribution in [2.75, 3.05) is 6.61 Å². The molecule has 0 radical (unpaired) electrons. The summed E-state index contributed by atoms with van der Waals surface area (Å²) in [6.07, 6.45) is 18.8. The first-order valence-electron chi connectivity index (χ1n) is 10.3. The Balaban J connectivity index is 3.06. The molecule has 0 heterocycles. The van der Waals surface area contributed by atoms with Crippen LogP contribution in [0.25, 0.3) is 0 Å². The smallest absolute Gasteiger partial charge is 0.305 e. The monoisotopic (exact) mass is 326 g/mol. The minimum atomic E-state index is -0.0137. The molecule has 0 unspecified atom stereocenters. The molecule has 0 aliphatic rings. The van der Waals surface area contributed by atoms with Crippen molar-refractivity contribution >= 4 is 5.97 Å². The van der Waals surface area contributed by atoms with Gasteiger partial charge in [0.25, 0.3) is 0 Å². The molecular formula is C21H42O2. The fraction of sp³-hybridized carbons (Fsp3) is 0.952. The highest BCUT2D eigenvalue weighted by Crippen LogP contribution is 2.13. The van der Waals surface area contributed by atoms with Crippen molar-refractivity contribution in [3.05, 3.63) is 0 Å². The number of carbonyl (C=O) groups is 1. The van der Waals surface area contributed by atoms with Gasteiger partial charge in [0.05, 0.1) is 6.61 Å². The minimum absolute atomic E-state index is 0.0137. The van der Waals surface area contributed by atoms with E-state index in [-0.39, 0.29) is 5.97 Å². The third-order valence-corrected chi connectivity index (χ3v) is 4.42. The zero-order valence-corrected chi connectivity index (χ0v) is 16.2. The molecule has 0 aromatic carbocycles. The first kappa shape index (κ1) is 22.5. The molecule has 138 valence electrons. The summed E-state index contributed by atoms with van der Waals surface area (Å²) in [7, 11) is 0. The topological polar surface area (TPSA) is 26.3 Å². The van der Waals surface area contributed by atoms with Gasteiger partial charge in [-0.2, -0.15) is 0 Å². The summed E-state index contributed by atoms with van der Waals surface area (Å²) in [5.74, 6) is 0.857. The molecule has 2 nitrogen and oxygen atoms in total. The van der Waals surface area contributed by atoms with E-state index in [2.05, 4.69) is 20.8 Å². The summed E-state index contributed by atoms with van der Waals surface area (Å²) in [5, 5.41) is 0. The molecule has 0 aromatic heterocycles. The molecule has 0 amide bonds. The van der Waals surface area contributed by atoms with Crippen LogP contribution in [0.3, 0.4) is 0 Å². The summed E-state index contributed by atoms with van der Waals surface area (Å²) in [6, 6.07) is 0. The zero-order valence-electron chi connectivity index (χ0n) is 16.2. The fourth-order valence-corrected chi connectivity index (χ4v) is 2.82. The van der Waals surface area contributed by atoms with Crippen molar-refractivity contribution in [2.45, 2.75) is 117 Å². The lowest BCUT2D eigenvalue weighted by Crippen LogP contribution is -2.05. The molecule has 0 atom stereocenters. The number of carbonyl (C=O) groups excluding carboxylic acids is 1. The van der Waals surface area contributed by atoms with E-state index < -0.39 is 0 Å². The van der Waals surface area contributed by atoms with Crippen LogP contribution in [-0.4, -0.2) is 12.6 Å². The van der Waals surface area contributed by atoms with Gasteiger partial charge in [0.15, 0.2) is 0 Å². The number of rotatable bonds is 17. The van der Waals surface area contributed by atoms with Gasteiger partial charge < -0.3 is 4.74 Å². The highest BCUT2D eigenvalue weighted by atomic mass is 16.5. The minimum Gasteiger partial charge on any atom is -0.466 e. The Morgan fingerprint density at radius 1 is 0.739 bits per heavy atom. The van der Waals surface area contributed by atoms with Crippen LogP contribution in [0, 0.1) is 5.92 Å². The summed E-state index contributed by atoms with van der Waals surface area (Å²) in [4.78, 5) is 11.3. The number of hydrogen-bond donors (Lipinski definition) is 0. The number of hydrogen-bond acceptors (Lipinski definition) is 2. The van der Waals surface area contributed by atoms with Crippen LogP contribution in [-0.2, 0) is 9.53 Å². The van der Waals surface area contributed by atoms with E-state index >= 15 is 0 Å². The van der Waals surface area contributed by atoms with E-state index in [1.54, 1.807) is 0 Å². The first-order valence-corrected chi connectivity index (χ1v) is 10.3. The van der Waals surface area contributed by atoms with Crippen LogP contribution in [0.5, 0.6) is 0 Å². The molecule has 0 aliphatic carbocycles. The second kappa shape index (κ2) is 17.8. The van der Waals surface area contributed by atoms with Gasteiger partial charge in [-0.15, -0.1) is 0 Å². The van der Waals surface area contributed by atoms with E-state index in [0.29, 0.717) is 13.0 Å². The molecular weight excluding hydrogens is 284 g/mol. The SMILES string of the molecule is CCCCC(=O)OCCCCCCCCCCCCCC(C)C. The number of esters is 1. The Labute approximate surface area is 145 Å². The Bertz CT molecular complexity index is 248. The predicted molar refractivity (Wildman–Crippen MR) is 101 cm³/mol. The van der Waals surface area contributed by atoms with Crippen molar-refractivity contribution in [1.82, 2.24) is 0 Å². The van der Waals surface area contributed by atoms with Crippen molar-refractivity contribution < 1.29 is 9.53 Å². The molecule has 23 heavy (non-hydrogen) atoms. The lowest BCUT2D eigenvalue weighted by molar-refractivity contribution is -0.143. The van der Waals surface area contributed by atoms with Crippen LogP contribution in [0.2, 0.25) is 0 Å². The Hall–Kier alpha value is -0.530. The molecule has 0 bridgehead atoms. The van der Waals surface area contributed by atoms with Gasteiger partial charge in [-0.3, -0.25) is 4.79 Å². The van der Waals surface area contributed by atoms with Crippen molar-refractivity contribution in [3.63, 3.8) is 0 Å². The fourth-order valence-electron chi connectivity index (χ4n) is 2.82. The Morgan fingerprint density at radius 2 is 1.22 bits per heavy atom. The maximum Gasteiger partial charge on any atom is 0.305 e. The number of ether oxygens (including phenoxy) is 1. The highest BCUT2D eigenvalue weighted by molar-refractivity contribution is 5.69. The van der Waals surface area contributed by atoms with E-state index in [1.165, 1.54) is 70.6 Å². The van der Waals surface area contributed by atoms with Gasteiger partial charge in [0.2, 0.25) is 0 Å². The average molecular weight is 327 g/mol. The lowest BCUT2D eigenvalue weighted by Gasteiger charge is -2.05. The Morgan fingerprint density at radius 3 is 1.70 bits per heavy atom. The van der Waals surface area contributed by atoms with Gasteiger partial charge in [0.1, 0.15) is 0 Å². The molecule has 2 heteroatoms. The predicted octanol–water partition coefficient (Wildman–Crippen LogP) is 7.06. The molecule has 0 saturated heterocycles. The third-order valence-electron chi connectivity index (χ3n) is 4.42. The summed E-state index contributed by atoms with van der Waals surface area (Å²) < 4.78 is 5.21. The molecule has 0 rings (SSSR count). The van der Waals surface area contributed by atoms with Crippen LogP contribution >= 0.6 is 0 Å². The van der Waals surface area contributed by atoms with Crippen LogP contribution in [0.4, 0.5) is 0 Å². The average Bonchev–Trinajstić information content (AvgIpc) is 2.52. The quantitative estimate of drug-likeness (QED) is 0.211. The summed E-state index contributed by atoms with van der Waals surface area (Å²) >= 11 is 0. The lowest BCUT2D eigenvalue weighted by atomic mass is 10.0. The Kier molecular flexibility index (Phi) is 17.4. The standard InChI is InChI=1S/C21H42O2/c1-4-5-18-21(22)23-19-16-14-12-10-8-6-7-9-11-13-15-17-20(2)3/h20H,4-19H2,1-3H3. The molecule has 0 saturated carbocycles. The normalized spacial score (nSPS) is 11.1. The van der Waals surface area contributed by atoms with Crippen LogP contribution in [0.1, 0.15) is 117 Å². The molecule has 0 spiro atoms. The van der Waals surface area contributed by atoms with Crippen LogP contribution in [0.15, 0.2) is 0 Å². The van der Waals surface area contributed by atoms with Crippen molar-refractivity contribution in [3.8, 4) is 0 Å². The maximum atomic E-state index is 11.3. The van der Waals surface area contributed by atoms with E-state index in [1.807, 2.05) is 0 Å². The van der Waals surface area contributed by atoms with Gasteiger partial charge >= 0.3 is 5.97 Å².